The van der Waals surface area contributed by atoms with E-state index in [1.807, 2.05) is 41.3 Å². The van der Waals surface area contributed by atoms with Gasteiger partial charge in [-0.2, -0.15) is 0 Å². The average molecular weight is 402 g/mol. The number of benzene rings is 3. The summed E-state index contributed by atoms with van der Waals surface area (Å²) >= 11 is 0. The van der Waals surface area contributed by atoms with Gasteiger partial charge < -0.3 is 19.9 Å². The zero-order valence-electron chi connectivity index (χ0n) is 17.5. The van der Waals surface area contributed by atoms with Crippen molar-refractivity contribution >= 4 is 28.6 Å². The molecule has 1 fully saturated rings. The molecular weight excluding hydrogens is 374 g/mol. The summed E-state index contributed by atoms with van der Waals surface area (Å²) in [6.07, 6.45) is 1.34. The van der Waals surface area contributed by atoms with E-state index in [-0.39, 0.29) is 18.6 Å². The Bertz CT molecular complexity index is 1060. The minimum absolute atomic E-state index is 0.00520. The van der Waals surface area contributed by atoms with Gasteiger partial charge in [0.25, 0.3) is 5.91 Å². The lowest BCUT2D eigenvalue weighted by atomic mass is 10.0. The molecule has 0 radical (unpaired) electrons. The summed E-state index contributed by atoms with van der Waals surface area (Å²) in [4.78, 5) is 17.1. The maximum Gasteiger partial charge on any atom is 0.260 e. The number of hydrogen-bond acceptors (Lipinski definition) is 4. The number of piperazine rings is 1. The SMILES string of the molecule is Cc1ccc(N2CCN(C(=O)COc3ccc(C=N)c4ccccc34)CC2C)cc1. The molecule has 0 aromatic heterocycles. The van der Waals surface area contributed by atoms with Crippen molar-refractivity contribution in [2.45, 2.75) is 19.9 Å². The van der Waals surface area contributed by atoms with Crippen LogP contribution >= 0.6 is 0 Å². The van der Waals surface area contributed by atoms with E-state index in [1.54, 1.807) is 0 Å². The van der Waals surface area contributed by atoms with Crippen LogP contribution < -0.4 is 9.64 Å². The van der Waals surface area contributed by atoms with Crippen molar-refractivity contribution in [3.8, 4) is 5.75 Å². The number of nitrogens with one attached hydrogen (secondary N) is 1. The second-order valence-electron chi connectivity index (χ2n) is 7.85. The number of ether oxygens (including phenoxy) is 1. The van der Waals surface area contributed by atoms with E-state index in [0.717, 1.165) is 22.9 Å². The highest BCUT2D eigenvalue weighted by Gasteiger charge is 2.27. The van der Waals surface area contributed by atoms with Crippen LogP contribution in [0, 0.1) is 12.3 Å². The fourth-order valence-electron chi connectivity index (χ4n) is 4.08. The largest absolute Gasteiger partial charge is 0.483 e. The third-order valence-corrected chi connectivity index (χ3v) is 5.77. The molecule has 3 aromatic carbocycles. The van der Waals surface area contributed by atoms with E-state index >= 15 is 0 Å². The molecule has 1 aliphatic rings. The molecule has 5 heteroatoms. The molecule has 1 heterocycles. The van der Waals surface area contributed by atoms with Crippen LogP contribution in [-0.2, 0) is 4.79 Å². The molecular formula is C25H27N3O2. The highest BCUT2D eigenvalue weighted by molar-refractivity contribution is 6.01. The minimum Gasteiger partial charge on any atom is -0.483 e. The molecule has 1 aliphatic heterocycles. The third-order valence-electron chi connectivity index (χ3n) is 5.77. The van der Waals surface area contributed by atoms with Crippen molar-refractivity contribution in [1.82, 2.24) is 4.90 Å². The summed E-state index contributed by atoms with van der Waals surface area (Å²) in [5.74, 6) is 0.682. The van der Waals surface area contributed by atoms with Gasteiger partial charge in [-0.05, 0) is 43.5 Å². The van der Waals surface area contributed by atoms with E-state index in [0.29, 0.717) is 18.8 Å². The van der Waals surface area contributed by atoms with Gasteiger partial charge in [-0.1, -0.05) is 42.0 Å². The molecule has 1 unspecified atom stereocenters. The topological polar surface area (TPSA) is 56.6 Å². The second-order valence-corrected chi connectivity index (χ2v) is 7.85. The Morgan fingerprint density at radius 1 is 1.07 bits per heavy atom. The van der Waals surface area contributed by atoms with Crippen LogP contribution in [0.15, 0.2) is 60.7 Å². The zero-order chi connectivity index (χ0) is 21.1. The number of carbonyl (C=O) groups excluding carboxylic acids is 1. The van der Waals surface area contributed by atoms with Crippen molar-refractivity contribution in [1.29, 1.82) is 5.41 Å². The molecule has 0 saturated carbocycles. The quantitative estimate of drug-likeness (QED) is 0.650. The molecule has 0 spiro atoms. The Morgan fingerprint density at radius 3 is 2.50 bits per heavy atom. The van der Waals surface area contributed by atoms with Gasteiger partial charge in [0.2, 0.25) is 0 Å². The number of anilines is 1. The highest BCUT2D eigenvalue weighted by Crippen LogP contribution is 2.28. The molecule has 30 heavy (non-hydrogen) atoms. The van der Waals surface area contributed by atoms with Gasteiger partial charge in [0.05, 0.1) is 0 Å². The Labute approximate surface area is 177 Å². The number of carbonyl (C=O) groups is 1. The lowest BCUT2D eigenvalue weighted by Crippen LogP contribution is -2.54. The van der Waals surface area contributed by atoms with E-state index in [2.05, 4.69) is 43.0 Å². The summed E-state index contributed by atoms with van der Waals surface area (Å²) in [7, 11) is 0. The zero-order valence-corrected chi connectivity index (χ0v) is 17.5. The van der Waals surface area contributed by atoms with Crippen molar-refractivity contribution < 1.29 is 9.53 Å². The van der Waals surface area contributed by atoms with Gasteiger partial charge in [-0.25, -0.2) is 0 Å². The monoisotopic (exact) mass is 401 g/mol. The molecule has 1 amide bonds. The van der Waals surface area contributed by atoms with E-state index in [1.165, 1.54) is 17.5 Å². The van der Waals surface area contributed by atoms with E-state index in [4.69, 9.17) is 10.1 Å². The fraction of sp³-hybridized carbons (Fsp3) is 0.280. The van der Waals surface area contributed by atoms with Crippen molar-refractivity contribution in [3.05, 3.63) is 71.8 Å². The maximum atomic E-state index is 12.8. The first-order valence-electron chi connectivity index (χ1n) is 10.3. The summed E-state index contributed by atoms with van der Waals surface area (Å²) in [6, 6.07) is 20.3. The molecule has 0 aliphatic carbocycles. The smallest absolute Gasteiger partial charge is 0.260 e. The fourth-order valence-corrected chi connectivity index (χ4v) is 4.08. The average Bonchev–Trinajstić information content (AvgIpc) is 2.78. The number of rotatable bonds is 5. The van der Waals surface area contributed by atoms with Gasteiger partial charge in [-0.3, -0.25) is 4.79 Å². The molecule has 1 saturated heterocycles. The number of amides is 1. The number of aryl methyl sites for hydroxylation is 1. The summed E-state index contributed by atoms with van der Waals surface area (Å²) in [5.41, 5.74) is 3.29. The van der Waals surface area contributed by atoms with Crippen LogP contribution in [0.25, 0.3) is 10.8 Å². The second kappa shape index (κ2) is 8.57. The molecule has 4 rings (SSSR count). The van der Waals surface area contributed by atoms with Crippen LogP contribution in [-0.4, -0.2) is 49.3 Å². The van der Waals surface area contributed by atoms with Crippen LogP contribution in [0.3, 0.4) is 0 Å². The molecule has 1 N–H and O–H groups in total. The summed E-state index contributed by atoms with van der Waals surface area (Å²) in [5, 5.41) is 9.45. The van der Waals surface area contributed by atoms with Crippen LogP contribution in [0.2, 0.25) is 0 Å². The van der Waals surface area contributed by atoms with Crippen molar-refractivity contribution in [2.75, 3.05) is 31.1 Å². The predicted octanol–water partition coefficient (Wildman–Crippen LogP) is 4.26. The van der Waals surface area contributed by atoms with Crippen LogP contribution in [0.5, 0.6) is 5.75 Å². The molecule has 5 nitrogen and oxygen atoms in total. The minimum atomic E-state index is 0.00520. The third kappa shape index (κ3) is 4.01. The Kier molecular flexibility index (Phi) is 5.70. The van der Waals surface area contributed by atoms with Crippen molar-refractivity contribution in [2.24, 2.45) is 0 Å². The van der Waals surface area contributed by atoms with Crippen LogP contribution in [0.1, 0.15) is 18.1 Å². The van der Waals surface area contributed by atoms with E-state index in [9.17, 15) is 4.79 Å². The summed E-state index contributed by atoms with van der Waals surface area (Å²) < 4.78 is 5.91. The van der Waals surface area contributed by atoms with Gasteiger partial charge in [0, 0.05) is 48.5 Å². The first-order valence-corrected chi connectivity index (χ1v) is 10.3. The number of fused-ring (bicyclic) bond motifs is 1. The summed E-state index contributed by atoms with van der Waals surface area (Å²) in [6.45, 7) is 6.45. The molecule has 0 bridgehead atoms. The number of nitrogens with zero attached hydrogens (tertiary/aromatic N) is 2. The molecule has 154 valence electrons. The maximum absolute atomic E-state index is 12.8. The van der Waals surface area contributed by atoms with E-state index < -0.39 is 0 Å². The molecule has 1 atom stereocenters. The standard InChI is InChI=1S/C25H27N3O2/c1-18-7-10-21(11-8-18)28-14-13-27(16-19(28)2)25(29)17-30-24-12-9-20(15-26)22-5-3-4-6-23(22)24/h3-12,15,19,26H,13-14,16-17H2,1-2H3. The van der Waals surface area contributed by atoms with Crippen molar-refractivity contribution in [3.63, 3.8) is 0 Å². The van der Waals surface area contributed by atoms with Gasteiger partial charge in [0.1, 0.15) is 5.75 Å². The van der Waals surface area contributed by atoms with Gasteiger partial charge in [-0.15, -0.1) is 0 Å². The van der Waals surface area contributed by atoms with Gasteiger partial charge >= 0.3 is 0 Å². The van der Waals surface area contributed by atoms with Gasteiger partial charge in [0.15, 0.2) is 6.61 Å². The Morgan fingerprint density at radius 2 is 1.80 bits per heavy atom. The predicted molar refractivity (Wildman–Crippen MR) is 122 cm³/mol. The molecule has 3 aromatic rings. The first-order chi connectivity index (χ1) is 14.6. The highest BCUT2D eigenvalue weighted by atomic mass is 16.5. The lowest BCUT2D eigenvalue weighted by Gasteiger charge is -2.41. The normalized spacial score (nSPS) is 16.5. The van der Waals surface area contributed by atoms with Crippen LogP contribution in [0.4, 0.5) is 5.69 Å². The first kappa shape index (κ1) is 20.0. The Hall–Kier alpha value is -3.34. The number of hydrogen-bond donors (Lipinski definition) is 1. The lowest BCUT2D eigenvalue weighted by molar-refractivity contribution is -0.134. The Balaban J connectivity index is 1.40.